The number of benzene rings is 1. The van der Waals surface area contributed by atoms with Gasteiger partial charge < -0.3 is 4.52 Å². The van der Waals surface area contributed by atoms with Gasteiger partial charge in [0.25, 0.3) is 0 Å². The second kappa shape index (κ2) is 4.98. The second-order valence-corrected chi connectivity index (χ2v) is 4.92. The van der Waals surface area contributed by atoms with Crippen molar-refractivity contribution in [3.05, 3.63) is 29.8 Å². The average molecular weight is 259 g/mol. The molecule has 2 heterocycles. The third-order valence-corrected chi connectivity index (χ3v) is 3.72. The minimum absolute atomic E-state index is 0.295. The lowest BCUT2D eigenvalue weighted by atomic mass is 9.92. The molecule has 1 saturated heterocycles. The number of aromatic nitrogens is 1. The summed E-state index contributed by atoms with van der Waals surface area (Å²) in [7, 11) is 0. The molecule has 0 unspecified atom stereocenters. The van der Waals surface area contributed by atoms with E-state index in [-0.39, 0.29) is 5.82 Å². The first-order chi connectivity index (χ1) is 9.28. The van der Waals surface area contributed by atoms with Gasteiger partial charge in [-0.2, -0.15) is 5.26 Å². The highest BCUT2D eigenvalue weighted by molar-refractivity contribution is 5.80. The maximum absolute atomic E-state index is 13.1. The van der Waals surface area contributed by atoms with Gasteiger partial charge in [0, 0.05) is 17.4 Å². The first-order valence-corrected chi connectivity index (χ1v) is 6.42. The van der Waals surface area contributed by atoms with Gasteiger partial charge in [-0.1, -0.05) is 5.16 Å². The fraction of sp³-hybridized carbons (Fsp3) is 0.429. The molecule has 3 rings (SSSR count). The van der Waals surface area contributed by atoms with Crippen LogP contribution < -0.4 is 0 Å². The summed E-state index contributed by atoms with van der Waals surface area (Å²) >= 11 is 0. The SMILES string of the molecule is N#CCN1CCC(c2onc3cc(F)ccc23)CC1. The first-order valence-electron chi connectivity index (χ1n) is 6.42. The molecule has 2 aromatic rings. The highest BCUT2D eigenvalue weighted by Gasteiger charge is 2.25. The molecule has 0 N–H and O–H groups in total. The van der Waals surface area contributed by atoms with Gasteiger partial charge in [0.15, 0.2) is 0 Å². The number of halogens is 1. The summed E-state index contributed by atoms with van der Waals surface area (Å²) in [5, 5.41) is 13.5. The summed E-state index contributed by atoms with van der Waals surface area (Å²) in [4.78, 5) is 2.13. The van der Waals surface area contributed by atoms with Crippen LogP contribution in [0.2, 0.25) is 0 Å². The molecule has 0 aliphatic carbocycles. The summed E-state index contributed by atoms with van der Waals surface area (Å²) < 4.78 is 18.5. The predicted octanol–water partition coefficient (Wildman–Crippen LogP) is 2.67. The molecule has 0 spiro atoms. The van der Waals surface area contributed by atoms with Crippen LogP contribution >= 0.6 is 0 Å². The van der Waals surface area contributed by atoms with E-state index >= 15 is 0 Å². The van der Waals surface area contributed by atoms with Crippen LogP contribution in [0.5, 0.6) is 0 Å². The summed E-state index contributed by atoms with van der Waals surface area (Å²) in [5.41, 5.74) is 0.578. The Labute approximate surface area is 110 Å². The summed E-state index contributed by atoms with van der Waals surface area (Å²) in [5.74, 6) is 0.869. The van der Waals surface area contributed by atoms with Gasteiger partial charge in [0.1, 0.15) is 17.1 Å². The van der Waals surface area contributed by atoms with Crippen molar-refractivity contribution >= 4 is 10.9 Å². The number of rotatable bonds is 2. The van der Waals surface area contributed by atoms with Crippen molar-refractivity contribution in [1.29, 1.82) is 5.26 Å². The van der Waals surface area contributed by atoms with E-state index in [2.05, 4.69) is 16.1 Å². The van der Waals surface area contributed by atoms with E-state index in [9.17, 15) is 4.39 Å². The smallest absolute Gasteiger partial charge is 0.147 e. The topological polar surface area (TPSA) is 53.1 Å². The fourth-order valence-corrected chi connectivity index (χ4v) is 2.68. The fourth-order valence-electron chi connectivity index (χ4n) is 2.68. The monoisotopic (exact) mass is 259 g/mol. The van der Waals surface area contributed by atoms with Gasteiger partial charge in [-0.05, 0) is 38.1 Å². The van der Waals surface area contributed by atoms with Gasteiger partial charge in [-0.3, -0.25) is 4.90 Å². The van der Waals surface area contributed by atoms with E-state index in [0.717, 1.165) is 37.1 Å². The molecule has 1 fully saturated rings. The molecule has 19 heavy (non-hydrogen) atoms. The quantitative estimate of drug-likeness (QED) is 0.778. The lowest BCUT2D eigenvalue weighted by Crippen LogP contribution is -2.33. The molecule has 0 bridgehead atoms. The predicted molar refractivity (Wildman–Crippen MR) is 68.0 cm³/mol. The van der Waals surface area contributed by atoms with Gasteiger partial charge >= 0.3 is 0 Å². The van der Waals surface area contributed by atoms with E-state index in [0.29, 0.717) is 18.0 Å². The Morgan fingerprint density at radius 1 is 1.42 bits per heavy atom. The number of likely N-dealkylation sites (tertiary alicyclic amines) is 1. The zero-order valence-corrected chi connectivity index (χ0v) is 10.5. The molecule has 1 aliphatic rings. The number of piperidine rings is 1. The summed E-state index contributed by atoms with van der Waals surface area (Å²) in [6, 6.07) is 6.74. The molecule has 0 saturated carbocycles. The normalized spacial score (nSPS) is 17.7. The highest BCUT2D eigenvalue weighted by Crippen LogP contribution is 2.33. The molecule has 0 radical (unpaired) electrons. The van der Waals surface area contributed by atoms with Crippen LogP contribution in [0.3, 0.4) is 0 Å². The standard InChI is InChI=1S/C14H14FN3O/c15-11-1-2-12-13(9-11)17-19-14(12)10-3-6-18(7-4-10)8-5-16/h1-2,9-10H,3-4,6-8H2. The first kappa shape index (κ1) is 12.1. The number of nitriles is 1. The van der Waals surface area contributed by atoms with E-state index in [1.54, 1.807) is 6.07 Å². The van der Waals surface area contributed by atoms with Crippen LogP contribution in [-0.4, -0.2) is 29.7 Å². The van der Waals surface area contributed by atoms with E-state index in [1.165, 1.54) is 12.1 Å². The summed E-state index contributed by atoms with van der Waals surface area (Å²) in [6.07, 6.45) is 1.90. The minimum Gasteiger partial charge on any atom is -0.360 e. The van der Waals surface area contributed by atoms with E-state index in [4.69, 9.17) is 9.78 Å². The van der Waals surface area contributed by atoms with Crippen molar-refractivity contribution in [3.63, 3.8) is 0 Å². The van der Waals surface area contributed by atoms with Crippen LogP contribution in [0.4, 0.5) is 4.39 Å². The van der Waals surface area contributed by atoms with Crippen LogP contribution in [-0.2, 0) is 0 Å². The molecule has 98 valence electrons. The Balaban J connectivity index is 1.81. The van der Waals surface area contributed by atoms with E-state index < -0.39 is 0 Å². The molecule has 1 aromatic heterocycles. The lowest BCUT2D eigenvalue weighted by molar-refractivity contribution is 0.216. The van der Waals surface area contributed by atoms with Crippen LogP contribution in [0.15, 0.2) is 22.7 Å². The van der Waals surface area contributed by atoms with Gasteiger partial charge in [-0.15, -0.1) is 0 Å². The van der Waals surface area contributed by atoms with Crippen molar-refractivity contribution in [2.45, 2.75) is 18.8 Å². The van der Waals surface area contributed by atoms with E-state index in [1.807, 2.05) is 0 Å². The Kier molecular flexibility index (Phi) is 3.18. The molecule has 1 aliphatic heterocycles. The third kappa shape index (κ3) is 2.32. The van der Waals surface area contributed by atoms with Gasteiger partial charge in [0.2, 0.25) is 0 Å². The van der Waals surface area contributed by atoms with Gasteiger partial charge in [0.05, 0.1) is 12.6 Å². The zero-order chi connectivity index (χ0) is 13.2. The highest BCUT2D eigenvalue weighted by atomic mass is 19.1. The average Bonchev–Trinajstić information content (AvgIpc) is 2.83. The lowest BCUT2D eigenvalue weighted by Gasteiger charge is -2.28. The maximum atomic E-state index is 13.1. The zero-order valence-electron chi connectivity index (χ0n) is 10.5. The number of hydrogen-bond donors (Lipinski definition) is 0. The number of nitrogens with zero attached hydrogens (tertiary/aromatic N) is 3. The molecule has 1 aromatic carbocycles. The van der Waals surface area contributed by atoms with Crippen molar-refractivity contribution in [2.75, 3.05) is 19.6 Å². The minimum atomic E-state index is -0.295. The molecule has 0 amide bonds. The Morgan fingerprint density at radius 2 is 2.21 bits per heavy atom. The van der Waals surface area contributed by atoms with Gasteiger partial charge in [-0.25, -0.2) is 4.39 Å². The summed E-state index contributed by atoms with van der Waals surface area (Å²) in [6.45, 7) is 2.26. The maximum Gasteiger partial charge on any atom is 0.147 e. The van der Waals surface area contributed by atoms with Crippen molar-refractivity contribution in [2.24, 2.45) is 0 Å². The number of fused-ring (bicyclic) bond motifs is 1. The molecular formula is C14H14FN3O. The molecule has 4 nitrogen and oxygen atoms in total. The third-order valence-electron chi connectivity index (χ3n) is 3.72. The van der Waals surface area contributed by atoms with Crippen molar-refractivity contribution < 1.29 is 8.91 Å². The molecule has 0 atom stereocenters. The van der Waals surface area contributed by atoms with Crippen LogP contribution in [0.1, 0.15) is 24.5 Å². The van der Waals surface area contributed by atoms with Crippen LogP contribution in [0.25, 0.3) is 10.9 Å². The Morgan fingerprint density at radius 3 is 2.95 bits per heavy atom. The number of hydrogen-bond acceptors (Lipinski definition) is 4. The largest absolute Gasteiger partial charge is 0.360 e. The molecular weight excluding hydrogens is 245 g/mol. The van der Waals surface area contributed by atoms with Crippen molar-refractivity contribution in [1.82, 2.24) is 10.1 Å². The van der Waals surface area contributed by atoms with Crippen LogP contribution in [0, 0.1) is 17.1 Å². The Hall–Kier alpha value is -1.93. The second-order valence-electron chi connectivity index (χ2n) is 4.92. The van der Waals surface area contributed by atoms with Crippen molar-refractivity contribution in [3.8, 4) is 6.07 Å². The Bertz CT molecular complexity index is 623. The molecule has 5 heteroatoms.